The molecule has 3 N–H and O–H groups in total. The van der Waals surface area contributed by atoms with Crippen LogP contribution in [0.15, 0.2) is 60.7 Å². The predicted molar refractivity (Wildman–Crippen MR) is 226 cm³/mol. The molecule has 4 amide bonds. The van der Waals surface area contributed by atoms with Gasteiger partial charge in [-0.15, -0.1) is 12.4 Å². The number of hydrogen-bond donors (Lipinski definition) is 3. The molecule has 1 aliphatic carbocycles. The Balaban J connectivity index is 0.00000604. The Labute approximate surface area is 357 Å². The van der Waals surface area contributed by atoms with Crippen LogP contribution in [0.2, 0.25) is 0 Å². The molecular weight excluding hydrogens is 821 g/mol. The summed E-state index contributed by atoms with van der Waals surface area (Å²) in [4.78, 5) is 58.3. The van der Waals surface area contributed by atoms with E-state index in [2.05, 4.69) is 25.8 Å². The fourth-order valence-electron chi connectivity index (χ4n) is 8.04. The summed E-state index contributed by atoms with van der Waals surface area (Å²) in [5.41, 5.74) is -0.772. The van der Waals surface area contributed by atoms with Crippen LogP contribution in [0, 0.1) is 11.3 Å². The highest BCUT2D eigenvalue weighted by atomic mass is 35.5. The molecule has 60 heavy (non-hydrogen) atoms. The van der Waals surface area contributed by atoms with Gasteiger partial charge in [0.2, 0.25) is 17.7 Å². The second-order valence-electron chi connectivity index (χ2n) is 15.7. The number of piperidine rings is 1. The maximum Gasteiger partial charge on any atom is 0.417 e. The zero-order chi connectivity index (χ0) is 42.3. The lowest BCUT2D eigenvalue weighted by Gasteiger charge is -2.39. The van der Waals surface area contributed by atoms with Gasteiger partial charge >= 0.3 is 6.18 Å². The van der Waals surface area contributed by atoms with E-state index in [1.165, 1.54) is 6.07 Å². The Hall–Kier alpha value is -5.28. The van der Waals surface area contributed by atoms with Crippen molar-refractivity contribution in [2.75, 3.05) is 59.8 Å². The molecule has 3 saturated heterocycles. The monoisotopic (exact) mass is 866 g/mol. The summed E-state index contributed by atoms with van der Waals surface area (Å²) < 4.78 is 47.6. The van der Waals surface area contributed by atoms with E-state index >= 15 is 0 Å². The number of carbonyl (C=O) groups is 4. The Morgan fingerprint density at radius 3 is 2.35 bits per heavy atom. The van der Waals surface area contributed by atoms with Crippen molar-refractivity contribution < 1.29 is 37.1 Å². The van der Waals surface area contributed by atoms with E-state index in [1.54, 1.807) is 36.9 Å². The molecule has 0 aromatic heterocycles. The Bertz CT molecular complexity index is 2240. The van der Waals surface area contributed by atoms with Crippen molar-refractivity contribution in [3.63, 3.8) is 0 Å². The van der Waals surface area contributed by atoms with Gasteiger partial charge in [-0.1, -0.05) is 13.0 Å². The molecule has 4 fully saturated rings. The smallest absolute Gasteiger partial charge is 0.417 e. The van der Waals surface area contributed by atoms with E-state index in [1.807, 2.05) is 37.3 Å². The van der Waals surface area contributed by atoms with E-state index in [0.717, 1.165) is 61.6 Å². The summed E-state index contributed by atoms with van der Waals surface area (Å²) in [5.74, 6) is -0.521. The lowest BCUT2D eigenvalue weighted by atomic mass is 10.0. The number of alkyl halides is 3. The number of hydrogen-bond acceptors (Lipinski definition) is 10. The molecule has 3 aromatic rings. The maximum absolute atomic E-state index is 13.8. The Kier molecular flexibility index (Phi) is 12.8. The third kappa shape index (κ3) is 8.78. The van der Waals surface area contributed by atoms with Gasteiger partial charge in [-0.05, 0) is 112 Å². The number of imide groups is 1. The zero-order valence-corrected chi connectivity index (χ0v) is 35.0. The number of nitriles is 1. The first-order chi connectivity index (χ1) is 28.0. The number of benzene rings is 3. The number of nitrogens with one attached hydrogen (secondary N) is 3. The van der Waals surface area contributed by atoms with Crippen LogP contribution in [0.4, 0.5) is 35.9 Å². The number of halogens is 4. The van der Waals surface area contributed by atoms with Gasteiger partial charge in [-0.2, -0.15) is 18.4 Å². The number of ether oxygens (including phenoxy) is 1. The molecule has 1 saturated carbocycles. The fourth-order valence-corrected chi connectivity index (χ4v) is 8.56. The van der Waals surface area contributed by atoms with Gasteiger partial charge < -0.3 is 20.3 Å². The lowest BCUT2D eigenvalue weighted by Crippen LogP contribution is -2.55. The first-order valence-electron chi connectivity index (χ1n) is 19.6. The minimum absolute atomic E-state index is 0. The molecule has 1 atom stereocenters. The van der Waals surface area contributed by atoms with Crippen LogP contribution < -0.4 is 30.5 Å². The molecule has 3 aromatic carbocycles. The van der Waals surface area contributed by atoms with Crippen LogP contribution >= 0.6 is 24.6 Å². The second-order valence-corrected chi connectivity index (χ2v) is 16.1. The number of anilines is 4. The highest BCUT2D eigenvalue weighted by Gasteiger charge is 2.55. The summed E-state index contributed by atoms with van der Waals surface area (Å²) >= 11 is 5.72. The van der Waals surface area contributed by atoms with Crippen LogP contribution in [-0.2, 0) is 31.8 Å². The van der Waals surface area contributed by atoms with Crippen LogP contribution in [0.3, 0.4) is 0 Å². The third-order valence-corrected chi connectivity index (χ3v) is 11.9. The molecule has 1 unspecified atom stereocenters. The molecule has 3 aliphatic heterocycles. The van der Waals surface area contributed by atoms with Gasteiger partial charge in [0.05, 0.1) is 22.9 Å². The van der Waals surface area contributed by atoms with Crippen molar-refractivity contribution in [3.05, 3.63) is 77.4 Å². The van der Waals surface area contributed by atoms with E-state index in [0.29, 0.717) is 48.8 Å². The van der Waals surface area contributed by atoms with Gasteiger partial charge in [-0.3, -0.25) is 39.2 Å². The number of nitrogens with zero attached hydrogens (tertiary/aromatic N) is 5. The minimum Gasteiger partial charge on any atom is -0.492 e. The van der Waals surface area contributed by atoms with Crippen LogP contribution in [0.1, 0.15) is 63.1 Å². The topological polar surface area (TPSA) is 150 Å². The average molecular weight is 867 g/mol. The summed E-state index contributed by atoms with van der Waals surface area (Å²) in [7, 11) is 0. The SMILES string of the molecule is CCc1cc(N2C(=S)N(c3ccc(C#N)c(C(F)(F)F)c3)C(=O)C2(C)C)ccc1OCCN1CCN(C2(C(=O)Nc3cccc(NC4CCC(=O)NC4=O)c3)CC2)CC1.Cl. The molecule has 0 radical (unpaired) electrons. The highest BCUT2D eigenvalue weighted by Crippen LogP contribution is 2.44. The summed E-state index contributed by atoms with van der Waals surface area (Å²) in [6, 6.07) is 16.9. The van der Waals surface area contributed by atoms with Gasteiger partial charge in [0.15, 0.2) is 5.11 Å². The van der Waals surface area contributed by atoms with Gasteiger partial charge in [0.1, 0.15) is 29.5 Å². The largest absolute Gasteiger partial charge is 0.492 e. The van der Waals surface area contributed by atoms with Crippen molar-refractivity contribution in [1.82, 2.24) is 15.1 Å². The number of carbonyl (C=O) groups excluding carboxylic acids is 4. The Morgan fingerprint density at radius 1 is 1.00 bits per heavy atom. The van der Waals surface area contributed by atoms with Crippen molar-refractivity contribution in [3.8, 4) is 11.8 Å². The number of aryl methyl sites for hydroxylation is 1. The Morgan fingerprint density at radius 2 is 1.70 bits per heavy atom. The summed E-state index contributed by atoms with van der Waals surface area (Å²) in [5, 5.41) is 17.8. The van der Waals surface area contributed by atoms with Crippen molar-refractivity contribution in [2.45, 2.75) is 76.2 Å². The molecule has 4 aliphatic rings. The van der Waals surface area contributed by atoms with Crippen LogP contribution in [0.25, 0.3) is 0 Å². The zero-order valence-electron chi connectivity index (χ0n) is 33.4. The predicted octanol–water partition coefficient (Wildman–Crippen LogP) is 5.86. The minimum atomic E-state index is -4.80. The highest BCUT2D eigenvalue weighted by molar-refractivity contribution is 7.81. The van der Waals surface area contributed by atoms with Gasteiger partial charge in [0, 0.05) is 56.2 Å². The molecular formula is C42H46ClF3N8O5S. The lowest BCUT2D eigenvalue weighted by molar-refractivity contribution is -0.138. The van der Waals surface area contributed by atoms with E-state index in [-0.39, 0.29) is 47.3 Å². The summed E-state index contributed by atoms with van der Waals surface area (Å²) in [6.45, 7) is 9.36. The second kappa shape index (κ2) is 17.4. The van der Waals surface area contributed by atoms with Gasteiger partial charge in [-0.25, -0.2) is 0 Å². The molecule has 0 bridgehead atoms. The molecule has 318 valence electrons. The number of thiocarbonyl (C=S) groups is 1. The van der Waals surface area contributed by atoms with Crippen LogP contribution in [-0.4, -0.2) is 95.0 Å². The number of rotatable bonds is 12. The summed E-state index contributed by atoms with van der Waals surface area (Å²) in [6.07, 6.45) is -1.98. The first kappa shape index (κ1) is 44.3. The van der Waals surface area contributed by atoms with E-state index in [4.69, 9.17) is 17.0 Å². The number of piperazine rings is 1. The molecule has 13 nitrogen and oxygen atoms in total. The van der Waals surface area contributed by atoms with Crippen molar-refractivity contribution in [2.24, 2.45) is 0 Å². The fraction of sp³-hybridized carbons (Fsp3) is 0.429. The van der Waals surface area contributed by atoms with E-state index < -0.39 is 40.3 Å². The number of amides is 4. The average Bonchev–Trinajstić information content (AvgIpc) is 3.99. The molecule has 7 rings (SSSR count). The van der Waals surface area contributed by atoms with Gasteiger partial charge in [0.25, 0.3) is 5.91 Å². The molecule has 3 heterocycles. The quantitative estimate of drug-likeness (QED) is 0.148. The normalized spacial score (nSPS) is 20.2. The third-order valence-electron chi connectivity index (χ3n) is 11.5. The van der Waals surface area contributed by atoms with Crippen molar-refractivity contribution >= 4 is 76.1 Å². The molecule has 18 heteroatoms. The van der Waals surface area contributed by atoms with Crippen molar-refractivity contribution in [1.29, 1.82) is 5.26 Å². The molecule has 0 spiro atoms. The van der Waals surface area contributed by atoms with Crippen LogP contribution in [0.5, 0.6) is 5.75 Å². The first-order valence-corrected chi connectivity index (χ1v) is 20.0. The standard InChI is InChI=1S/C42H45F3N8O5S.ClH/c1-4-26-22-31(53-39(59)52(38(57)40(53,2)3)30-9-8-27(25-46)32(24-30)42(43,44)45)10-12-34(26)58-21-20-50-16-18-51(19-17-50)41(14-15-41)37(56)48-29-7-5-6-28(23-29)47-33-11-13-35(54)49-36(33)55;/h5-10,12,22-24,33,47H,4,11,13-21H2,1-3H3,(H,48,56)(H,49,54,55);1H. The van der Waals surface area contributed by atoms with E-state index in [9.17, 15) is 37.6 Å². The maximum atomic E-state index is 13.8.